The Labute approximate surface area is 110 Å². The van der Waals surface area contributed by atoms with E-state index in [1.165, 1.54) is 12.8 Å². The molecule has 3 nitrogen and oxygen atoms in total. The number of ketones is 1. The number of hydrogen-bond acceptors (Lipinski definition) is 2. The third kappa shape index (κ3) is 3.22. The summed E-state index contributed by atoms with van der Waals surface area (Å²) in [7, 11) is 0. The van der Waals surface area contributed by atoms with E-state index in [4.69, 9.17) is 0 Å². The van der Waals surface area contributed by atoms with Crippen molar-refractivity contribution in [1.82, 2.24) is 9.88 Å². The second-order valence-corrected chi connectivity index (χ2v) is 5.88. The molecular formula is C15H24N2O. The lowest BCUT2D eigenvalue weighted by Gasteiger charge is -2.25. The molecule has 0 unspecified atom stereocenters. The number of carbonyl (C=O) groups is 1. The molecule has 2 rings (SSSR count). The van der Waals surface area contributed by atoms with Gasteiger partial charge >= 0.3 is 0 Å². The Morgan fingerprint density at radius 2 is 2.11 bits per heavy atom. The summed E-state index contributed by atoms with van der Waals surface area (Å²) in [5, 5.41) is 0. The van der Waals surface area contributed by atoms with Crippen molar-refractivity contribution < 1.29 is 4.79 Å². The minimum atomic E-state index is 0.242. The average molecular weight is 248 g/mol. The van der Waals surface area contributed by atoms with Gasteiger partial charge in [0.15, 0.2) is 5.78 Å². The first kappa shape index (κ1) is 13.3. The van der Waals surface area contributed by atoms with Crippen molar-refractivity contribution in [3.8, 4) is 0 Å². The second kappa shape index (κ2) is 5.27. The first-order valence-electron chi connectivity index (χ1n) is 6.91. The molecule has 1 aromatic heterocycles. The predicted molar refractivity (Wildman–Crippen MR) is 74.0 cm³/mol. The van der Waals surface area contributed by atoms with Gasteiger partial charge in [-0.1, -0.05) is 0 Å². The van der Waals surface area contributed by atoms with Gasteiger partial charge in [0.1, 0.15) is 0 Å². The summed E-state index contributed by atoms with van der Waals surface area (Å²) in [4.78, 5) is 17.8. The maximum Gasteiger partial charge on any atom is 0.178 e. The Bertz CT molecular complexity index is 430. The molecule has 1 aliphatic rings. The summed E-state index contributed by atoms with van der Waals surface area (Å²) >= 11 is 0. The number of aromatic amines is 1. The van der Waals surface area contributed by atoms with Crippen LogP contribution in [0.3, 0.4) is 0 Å². The molecule has 0 aromatic carbocycles. The Balaban J connectivity index is 2.01. The van der Waals surface area contributed by atoms with Crippen LogP contribution in [-0.4, -0.2) is 34.8 Å². The highest BCUT2D eigenvalue weighted by Gasteiger charge is 2.27. The number of nitrogens with zero attached hydrogens (tertiary/aromatic N) is 1. The number of aromatic nitrogens is 1. The molecule has 0 radical (unpaired) electrons. The molecule has 0 atom stereocenters. The Morgan fingerprint density at radius 3 is 2.56 bits per heavy atom. The lowest BCUT2D eigenvalue weighted by Crippen LogP contribution is -2.37. The fourth-order valence-corrected chi connectivity index (χ4v) is 2.37. The van der Waals surface area contributed by atoms with Crippen LogP contribution in [0.4, 0.5) is 0 Å². The van der Waals surface area contributed by atoms with E-state index in [0.717, 1.165) is 29.4 Å². The van der Waals surface area contributed by atoms with Crippen molar-refractivity contribution in [3.05, 3.63) is 23.0 Å². The SMILES string of the molecule is Cc1cc(C(=O)CN(CC2CC2)C(C)C)c(C)[nH]1. The summed E-state index contributed by atoms with van der Waals surface area (Å²) in [6.45, 7) is 9.93. The van der Waals surface area contributed by atoms with Gasteiger partial charge in [-0.15, -0.1) is 0 Å². The molecule has 0 bridgehead atoms. The van der Waals surface area contributed by atoms with Gasteiger partial charge in [-0.05, 0) is 52.5 Å². The molecule has 0 saturated heterocycles. The summed E-state index contributed by atoms with van der Waals surface area (Å²) in [6, 6.07) is 2.41. The van der Waals surface area contributed by atoms with Gasteiger partial charge in [-0.25, -0.2) is 0 Å². The van der Waals surface area contributed by atoms with Gasteiger partial charge < -0.3 is 4.98 Å². The van der Waals surface area contributed by atoms with Gasteiger partial charge in [0.05, 0.1) is 6.54 Å². The van der Waals surface area contributed by atoms with E-state index in [1.54, 1.807) is 0 Å². The van der Waals surface area contributed by atoms with E-state index < -0.39 is 0 Å². The van der Waals surface area contributed by atoms with Crippen LogP contribution in [0, 0.1) is 19.8 Å². The van der Waals surface area contributed by atoms with E-state index >= 15 is 0 Å². The predicted octanol–water partition coefficient (Wildman–Crippen LogP) is 2.93. The van der Waals surface area contributed by atoms with E-state index in [-0.39, 0.29) is 5.78 Å². The van der Waals surface area contributed by atoms with Crippen LogP contribution in [0.2, 0.25) is 0 Å². The summed E-state index contributed by atoms with van der Waals surface area (Å²) < 4.78 is 0. The number of Topliss-reactive ketones (excluding diaryl/α,β-unsaturated/α-hetero) is 1. The normalized spacial score (nSPS) is 15.7. The molecular weight excluding hydrogens is 224 g/mol. The average Bonchev–Trinajstić information content (AvgIpc) is 3.02. The minimum absolute atomic E-state index is 0.242. The van der Waals surface area contributed by atoms with Crippen LogP contribution >= 0.6 is 0 Å². The third-order valence-electron chi connectivity index (χ3n) is 3.72. The number of carbonyl (C=O) groups excluding carboxylic acids is 1. The highest BCUT2D eigenvalue weighted by Crippen LogP contribution is 2.30. The van der Waals surface area contributed by atoms with Gasteiger partial charge in [0, 0.05) is 29.5 Å². The summed E-state index contributed by atoms with van der Waals surface area (Å²) in [6.07, 6.45) is 2.67. The van der Waals surface area contributed by atoms with Crippen molar-refractivity contribution in [2.75, 3.05) is 13.1 Å². The zero-order chi connectivity index (χ0) is 13.3. The van der Waals surface area contributed by atoms with Crippen LogP contribution in [0.1, 0.15) is 48.4 Å². The minimum Gasteiger partial charge on any atom is -0.362 e. The summed E-state index contributed by atoms with van der Waals surface area (Å²) in [5.74, 6) is 1.07. The van der Waals surface area contributed by atoms with Gasteiger partial charge in [-0.2, -0.15) is 0 Å². The molecule has 0 aliphatic heterocycles. The lowest BCUT2D eigenvalue weighted by molar-refractivity contribution is 0.0900. The zero-order valence-electron chi connectivity index (χ0n) is 11.9. The quantitative estimate of drug-likeness (QED) is 0.786. The van der Waals surface area contributed by atoms with Crippen molar-refractivity contribution in [1.29, 1.82) is 0 Å². The van der Waals surface area contributed by atoms with Crippen molar-refractivity contribution in [3.63, 3.8) is 0 Å². The number of H-pyrrole nitrogens is 1. The smallest absolute Gasteiger partial charge is 0.178 e. The maximum atomic E-state index is 12.3. The van der Waals surface area contributed by atoms with Crippen LogP contribution in [-0.2, 0) is 0 Å². The molecule has 18 heavy (non-hydrogen) atoms. The largest absolute Gasteiger partial charge is 0.362 e. The van der Waals surface area contributed by atoms with Gasteiger partial charge in [0.25, 0.3) is 0 Å². The second-order valence-electron chi connectivity index (χ2n) is 5.88. The molecule has 3 heteroatoms. The van der Waals surface area contributed by atoms with Crippen molar-refractivity contribution >= 4 is 5.78 Å². The van der Waals surface area contributed by atoms with E-state index in [1.807, 2.05) is 19.9 Å². The van der Waals surface area contributed by atoms with E-state index in [2.05, 4.69) is 23.7 Å². The first-order valence-corrected chi connectivity index (χ1v) is 6.91. The highest BCUT2D eigenvalue weighted by atomic mass is 16.1. The topological polar surface area (TPSA) is 36.1 Å². The molecule has 100 valence electrons. The number of rotatable bonds is 6. The molecule has 0 amide bonds. The molecule has 1 fully saturated rings. The first-order chi connectivity index (χ1) is 8.47. The van der Waals surface area contributed by atoms with Gasteiger partial charge in [0.2, 0.25) is 0 Å². The molecule has 1 aromatic rings. The lowest BCUT2D eigenvalue weighted by atomic mass is 10.1. The van der Waals surface area contributed by atoms with Gasteiger partial charge in [-0.3, -0.25) is 9.69 Å². The molecule has 1 aliphatic carbocycles. The third-order valence-corrected chi connectivity index (χ3v) is 3.72. The zero-order valence-corrected chi connectivity index (χ0v) is 11.9. The summed E-state index contributed by atoms with van der Waals surface area (Å²) in [5.41, 5.74) is 2.91. The van der Waals surface area contributed by atoms with Crippen LogP contribution in [0.15, 0.2) is 6.07 Å². The number of aryl methyl sites for hydroxylation is 2. The van der Waals surface area contributed by atoms with Crippen LogP contribution in [0.5, 0.6) is 0 Å². The van der Waals surface area contributed by atoms with Crippen LogP contribution in [0.25, 0.3) is 0 Å². The maximum absolute atomic E-state index is 12.3. The van der Waals surface area contributed by atoms with E-state index in [9.17, 15) is 4.79 Å². The van der Waals surface area contributed by atoms with E-state index in [0.29, 0.717) is 12.6 Å². The number of nitrogens with one attached hydrogen (secondary N) is 1. The standard InChI is InChI=1S/C15H24N2O/c1-10(2)17(8-13-5-6-13)9-15(18)14-7-11(3)16-12(14)4/h7,10,13,16H,5-6,8-9H2,1-4H3. The van der Waals surface area contributed by atoms with Crippen molar-refractivity contribution in [2.24, 2.45) is 5.92 Å². The Kier molecular flexibility index (Phi) is 3.91. The van der Waals surface area contributed by atoms with Crippen molar-refractivity contribution in [2.45, 2.75) is 46.6 Å². The van der Waals surface area contributed by atoms with Crippen LogP contribution < -0.4 is 0 Å². The molecule has 1 N–H and O–H groups in total. The Hall–Kier alpha value is -1.09. The Morgan fingerprint density at radius 1 is 1.44 bits per heavy atom. The number of hydrogen-bond donors (Lipinski definition) is 1. The molecule has 0 spiro atoms. The highest BCUT2D eigenvalue weighted by molar-refractivity contribution is 5.98. The molecule has 1 heterocycles. The molecule has 1 saturated carbocycles. The monoisotopic (exact) mass is 248 g/mol. The fraction of sp³-hybridized carbons (Fsp3) is 0.667. The fourth-order valence-electron chi connectivity index (χ4n) is 2.37.